The second-order valence-electron chi connectivity index (χ2n) is 5.22. The van der Waals surface area contributed by atoms with Gasteiger partial charge in [0.05, 0.1) is 0 Å². The number of carbonyl (C=O) groups is 2. The molecular weight excluding hydrogens is 284 g/mol. The first-order valence-electron chi connectivity index (χ1n) is 7.06. The highest BCUT2D eigenvalue weighted by Gasteiger charge is 2.27. The molecule has 1 aliphatic rings. The summed E-state index contributed by atoms with van der Waals surface area (Å²) < 4.78 is 1.71. The molecule has 8 heteroatoms. The van der Waals surface area contributed by atoms with Crippen LogP contribution in [-0.2, 0) is 4.79 Å². The molecule has 1 aliphatic heterocycles. The predicted octanol–water partition coefficient (Wildman–Crippen LogP) is -0.000200. The normalized spacial score (nSPS) is 15.7. The van der Waals surface area contributed by atoms with E-state index in [2.05, 4.69) is 15.2 Å². The minimum atomic E-state index is -0.295. The van der Waals surface area contributed by atoms with E-state index in [0.717, 1.165) is 0 Å². The van der Waals surface area contributed by atoms with Crippen LogP contribution in [0.25, 0.3) is 5.82 Å². The standard InChI is InChI=1S/C14H16N6O2/c15-13(21)10-3-6-19(7-4-10)14(22)11-1-2-12(18-17-11)20-8-5-16-9-20/h1-2,5,8-10H,3-4,6-7H2,(H2,15,21). The Kier molecular flexibility index (Phi) is 3.82. The fourth-order valence-electron chi connectivity index (χ4n) is 2.50. The van der Waals surface area contributed by atoms with Gasteiger partial charge in [0, 0.05) is 31.4 Å². The van der Waals surface area contributed by atoms with E-state index in [9.17, 15) is 9.59 Å². The van der Waals surface area contributed by atoms with Crippen molar-refractivity contribution in [1.82, 2.24) is 24.6 Å². The van der Waals surface area contributed by atoms with Crippen LogP contribution in [0, 0.1) is 5.92 Å². The number of hydrogen-bond acceptors (Lipinski definition) is 5. The van der Waals surface area contributed by atoms with Gasteiger partial charge in [-0.2, -0.15) is 0 Å². The number of rotatable bonds is 3. The maximum absolute atomic E-state index is 12.4. The molecule has 2 N–H and O–H groups in total. The van der Waals surface area contributed by atoms with E-state index in [4.69, 9.17) is 5.73 Å². The second-order valence-corrected chi connectivity index (χ2v) is 5.22. The number of aromatic nitrogens is 4. The minimum absolute atomic E-state index is 0.140. The third-order valence-corrected chi connectivity index (χ3v) is 3.82. The molecule has 2 amide bonds. The largest absolute Gasteiger partial charge is 0.369 e. The van der Waals surface area contributed by atoms with Gasteiger partial charge in [0.2, 0.25) is 5.91 Å². The predicted molar refractivity (Wildman–Crippen MR) is 77.0 cm³/mol. The summed E-state index contributed by atoms with van der Waals surface area (Å²) in [6, 6.07) is 3.36. The van der Waals surface area contributed by atoms with Gasteiger partial charge in [0.1, 0.15) is 6.33 Å². The van der Waals surface area contributed by atoms with Gasteiger partial charge in [-0.05, 0) is 25.0 Å². The SMILES string of the molecule is NC(=O)C1CCN(C(=O)c2ccc(-n3ccnc3)nn2)CC1. The van der Waals surface area contributed by atoms with Crippen molar-refractivity contribution in [3.8, 4) is 5.82 Å². The first-order chi connectivity index (χ1) is 10.6. The van der Waals surface area contributed by atoms with Crippen LogP contribution in [0.1, 0.15) is 23.3 Å². The maximum atomic E-state index is 12.4. The van der Waals surface area contributed by atoms with Crippen LogP contribution in [0.15, 0.2) is 30.9 Å². The molecule has 0 aliphatic carbocycles. The summed E-state index contributed by atoms with van der Waals surface area (Å²) in [5.74, 6) is -0.00980. The highest BCUT2D eigenvalue weighted by Crippen LogP contribution is 2.18. The van der Waals surface area contributed by atoms with Crippen molar-refractivity contribution in [1.29, 1.82) is 0 Å². The Morgan fingerprint density at radius 2 is 1.95 bits per heavy atom. The topological polar surface area (TPSA) is 107 Å². The number of likely N-dealkylation sites (tertiary alicyclic amines) is 1. The molecule has 3 rings (SSSR count). The van der Waals surface area contributed by atoms with Crippen molar-refractivity contribution in [3.05, 3.63) is 36.5 Å². The summed E-state index contributed by atoms with van der Waals surface area (Å²) in [5, 5.41) is 8.01. The van der Waals surface area contributed by atoms with E-state index in [1.807, 2.05) is 0 Å². The number of imidazole rings is 1. The Bertz CT molecular complexity index is 659. The molecule has 0 atom stereocenters. The highest BCUT2D eigenvalue weighted by molar-refractivity contribution is 5.92. The van der Waals surface area contributed by atoms with Crippen molar-refractivity contribution >= 4 is 11.8 Å². The molecule has 0 radical (unpaired) electrons. The Labute approximate surface area is 127 Å². The number of hydrogen-bond donors (Lipinski definition) is 1. The first kappa shape index (κ1) is 14.2. The van der Waals surface area contributed by atoms with Gasteiger partial charge in [-0.25, -0.2) is 4.98 Å². The number of amides is 2. The van der Waals surface area contributed by atoms with E-state index in [0.29, 0.717) is 37.4 Å². The Hall–Kier alpha value is -2.77. The van der Waals surface area contributed by atoms with Crippen LogP contribution >= 0.6 is 0 Å². The Morgan fingerprint density at radius 1 is 1.18 bits per heavy atom. The van der Waals surface area contributed by atoms with E-state index in [1.165, 1.54) is 0 Å². The average molecular weight is 300 g/mol. The number of piperidine rings is 1. The lowest BCUT2D eigenvalue weighted by atomic mass is 9.96. The minimum Gasteiger partial charge on any atom is -0.369 e. The molecule has 8 nitrogen and oxygen atoms in total. The second kappa shape index (κ2) is 5.92. The number of primary amides is 1. The molecule has 3 heterocycles. The van der Waals surface area contributed by atoms with Gasteiger partial charge < -0.3 is 10.6 Å². The summed E-state index contributed by atoms with van der Waals surface area (Å²) in [6.07, 6.45) is 6.20. The van der Waals surface area contributed by atoms with Crippen LogP contribution in [0.3, 0.4) is 0 Å². The Morgan fingerprint density at radius 3 is 2.50 bits per heavy atom. The zero-order valence-corrected chi connectivity index (χ0v) is 11.9. The molecule has 0 bridgehead atoms. The Balaban J connectivity index is 1.67. The van der Waals surface area contributed by atoms with Crippen LogP contribution in [0.2, 0.25) is 0 Å². The molecule has 2 aromatic rings. The lowest BCUT2D eigenvalue weighted by Crippen LogP contribution is -2.42. The molecule has 22 heavy (non-hydrogen) atoms. The van der Waals surface area contributed by atoms with Gasteiger partial charge >= 0.3 is 0 Å². The third kappa shape index (κ3) is 2.80. The van der Waals surface area contributed by atoms with Crippen molar-refractivity contribution in [2.45, 2.75) is 12.8 Å². The molecule has 0 spiro atoms. The third-order valence-electron chi connectivity index (χ3n) is 3.82. The summed E-state index contributed by atoms with van der Waals surface area (Å²) in [7, 11) is 0. The van der Waals surface area contributed by atoms with E-state index < -0.39 is 0 Å². The molecule has 0 saturated carbocycles. The fraction of sp³-hybridized carbons (Fsp3) is 0.357. The molecule has 1 fully saturated rings. The summed E-state index contributed by atoms with van der Waals surface area (Å²) in [5.41, 5.74) is 5.58. The van der Waals surface area contributed by atoms with Crippen molar-refractivity contribution in [2.75, 3.05) is 13.1 Å². The number of nitrogens with zero attached hydrogens (tertiary/aromatic N) is 5. The molecule has 1 saturated heterocycles. The zero-order chi connectivity index (χ0) is 15.5. The van der Waals surface area contributed by atoms with E-state index in [-0.39, 0.29) is 17.7 Å². The summed E-state index contributed by atoms with van der Waals surface area (Å²) in [6.45, 7) is 1.02. The highest BCUT2D eigenvalue weighted by atomic mass is 16.2. The lowest BCUT2D eigenvalue weighted by Gasteiger charge is -2.30. The monoisotopic (exact) mass is 300 g/mol. The average Bonchev–Trinajstić information content (AvgIpc) is 3.09. The van der Waals surface area contributed by atoms with E-state index in [1.54, 1.807) is 40.3 Å². The van der Waals surface area contributed by atoms with Crippen LogP contribution in [-0.4, -0.2) is 49.6 Å². The lowest BCUT2D eigenvalue weighted by molar-refractivity contribution is -0.123. The van der Waals surface area contributed by atoms with Gasteiger partial charge in [0.25, 0.3) is 5.91 Å². The van der Waals surface area contributed by atoms with E-state index >= 15 is 0 Å². The molecule has 0 aromatic carbocycles. The number of nitrogens with two attached hydrogens (primary N) is 1. The summed E-state index contributed by atoms with van der Waals surface area (Å²) in [4.78, 5) is 29.1. The quantitative estimate of drug-likeness (QED) is 0.858. The zero-order valence-electron chi connectivity index (χ0n) is 11.9. The van der Waals surface area contributed by atoms with Crippen LogP contribution in [0.4, 0.5) is 0 Å². The number of carbonyl (C=O) groups excluding carboxylic acids is 2. The van der Waals surface area contributed by atoms with Gasteiger partial charge in [-0.15, -0.1) is 10.2 Å². The van der Waals surface area contributed by atoms with Crippen molar-refractivity contribution in [2.24, 2.45) is 11.7 Å². The van der Waals surface area contributed by atoms with Gasteiger partial charge in [0.15, 0.2) is 11.5 Å². The van der Waals surface area contributed by atoms with Crippen LogP contribution < -0.4 is 5.73 Å². The molecule has 2 aromatic heterocycles. The van der Waals surface area contributed by atoms with Crippen LogP contribution in [0.5, 0.6) is 0 Å². The van der Waals surface area contributed by atoms with Crippen molar-refractivity contribution in [3.63, 3.8) is 0 Å². The van der Waals surface area contributed by atoms with Crippen molar-refractivity contribution < 1.29 is 9.59 Å². The first-order valence-corrected chi connectivity index (χ1v) is 7.06. The fourth-order valence-corrected chi connectivity index (χ4v) is 2.50. The molecule has 114 valence electrons. The maximum Gasteiger partial charge on any atom is 0.274 e. The smallest absolute Gasteiger partial charge is 0.274 e. The molecular formula is C14H16N6O2. The van der Waals surface area contributed by atoms with Gasteiger partial charge in [-0.1, -0.05) is 0 Å². The van der Waals surface area contributed by atoms with Gasteiger partial charge in [-0.3, -0.25) is 14.2 Å². The summed E-state index contributed by atoms with van der Waals surface area (Å²) >= 11 is 0. The molecule has 0 unspecified atom stereocenters.